The molecule has 3 rings (SSSR count). The van der Waals surface area contributed by atoms with Gasteiger partial charge in [0.15, 0.2) is 6.10 Å². The number of benzene rings is 2. The minimum atomic E-state index is -4.37. The predicted molar refractivity (Wildman–Crippen MR) is 107 cm³/mol. The third-order valence-electron chi connectivity index (χ3n) is 4.92. The van der Waals surface area contributed by atoms with Gasteiger partial charge in [0.1, 0.15) is 5.75 Å². The second-order valence-electron chi connectivity index (χ2n) is 7.03. The number of aryl methyl sites for hydroxylation is 1. The van der Waals surface area contributed by atoms with E-state index in [9.17, 15) is 18.0 Å². The zero-order chi connectivity index (χ0) is 21.2. The lowest BCUT2D eigenvalue weighted by Gasteiger charge is -2.37. The van der Waals surface area contributed by atoms with Gasteiger partial charge in [0.2, 0.25) is 0 Å². The Bertz CT molecular complexity index is 880. The van der Waals surface area contributed by atoms with Crippen LogP contribution in [-0.4, -0.2) is 43.1 Å². The van der Waals surface area contributed by atoms with Crippen molar-refractivity contribution in [2.75, 3.05) is 31.1 Å². The summed E-state index contributed by atoms with van der Waals surface area (Å²) in [6.45, 7) is 5.30. The SMILES string of the molecule is Cc1cc(Cl)ccc1O[C@@H](C)C(=O)N1CCN(c2cccc(C(F)(F)F)c2)CC1. The highest BCUT2D eigenvalue weighted by molar-refractivity contribution is 6.30. The van der Waals surface area contributed by atoms with Crippen LogP contribution in [0.1, 0.15) is 18.1 Å². The molecular formula is C21H22ClF3N2O2. The largest absolute Gasteiger partial charge is 0.481 e. The lowest BCUT2D eigenvalue weighted by Crippen LogP contribution is -2.52. The summed E-state index contributed by atoms with van der Waals surface area (Å²) in [5.41, 5.74) is 0.674. The smallest absolute Gasteiger partial charge is 0.416 e. The number of halogens is 4. The quantitative estimate of drug-likeness (QED) is 0.705. The number of nitrogens with zero attached hydrogens (tertiary/aromatic N) is 2. The van der Waals surface area contributed by atoms with Crippen molar-refractivity contribution >= 4 is 23.2 Å². The summed E-state index contributed by atoms with van der Waals surface area (Å²) < 4.78 is 44.6. The zero-order valence-corrected chi connectivity index (χ0v) is 16.9. The lowest BCUT2D eigenvalue weighted by molar-refractivity contribution is -0.138. The first-order valence-corrected chi connectivity index (χ1v) is 9.67. The number of carbonyl (C=O) groups is 1. The molecule has 2 aromatic rings. The molecule has 2 aromatic carbocycles. The first-order valence-electron chi connectivity index (χ1n) is 9.29. The van der Waals surface area contributed by atoms with Crippen LogP contribution < -0.4 is 9.64 Å². The van der Waals surface area contributed by atoms with E-state index in [4.69, 9.17) is 16.3 Å². The first-order chi connectivity index (χ1) is 13.6. The number of amides is 1. The molecule has 1 heterocycles. The molecule has 4 nitrogen and oxygen atoms in total. The van der Waals surface area contributed by atoms with Gasteiger partial charge in [0.05, 0.1) is 5.56 Å². The number of piperazine rings is 1. The Balaban J connectivity index is 1.59. The Labute approximate surface area is 172 Å². The Kier molecular flexibility index (Phi) is 6.27. The minimum absolute atomic E-state index is 0.150. The summed E-state index contributed by atoms with van der Waals surface area (Å²) in [6, 6.07) is 10.5. The molecule has 0 saturated carbocycles. The second kappa shape index (κ2) is 8.53. The molecule has 1 amide bonds. The van der Waals surface area contributed by atoms with E-state index < -0.39 is 17.8 Å². The second-order valence-corrected chi connectivity index (χ2v) is 7.47. The molecule has 1 atom stereocenters. The van der Waals surface area contributed by atoms with Gasteiger partial charge >= 0.3 is 6.18 Å². The molecular weight excluding hydrogens is 405 g/mol. The molecule has 156 valence electrons. The van der Waals surface area contributed by atoms with Crippen molar-refractivity contribution in [1.29, 1.82) is 0 Å². The first kappa shape index (κ1) is 21.3. The summed E-state index contributed by atoms with van der Waals surface area (Å²) in [7, 11) is 0. The molecule has 0 N–H and O–H groups in total. The maximum atomic E-state index is 12.9. The molecule has 1 aliphatic rings. The van der Waals surface area contributed by atoms with Gasteiger partial charge in [-0.15, -0.1) is 0 Å². The fraction of sp³-hybridized carbons (Fsp3) is 0.381. The maximum Gasteiger partial charge on any atom is 0.416 e. The highest BCUT2D eigenvalue weighted by atomic mass is 35.5. The zero-order valence-electron chi connectivity index (χ0n) is 16.2. The molecule has 1 fully saturated rings. The van der Waals surface area contributed by atoms with E-state index in [1.165, 1.54) is 6.07 Å². The average Bonchev–Trinajstić information content (AvgIpc) is 2.69. The Hall–Kier alpha value is -2.41. The molecule has 0 spiro atoms. The van der Waals surface area contributed by atoms with Gasteiger partial charge in [0, 0.05) is 36.9 Å². The minimum Gasteiger partial charge on any atom is -0.481 e. The molecule has 0 radical (unpaired) electrons. The van der Waals surface area contributed by atoms with Gasteiger partial charge in [-0.3, -0.25) is 4.79 Å². The van der Waals surface area contributed by atoms with Gasteiger partial charge < -0.3 is 14.5 Å². The summed E-state index contributed by atoms with van der Waals surface area (Å²) in [5.74, 6) is 0.445. The maximum absolute atomic E-state index is 12.9. The van der Waals surface area contributed by atoms with Crippen LogP contribution in [0.3, 0.4) is 0 Å². The third-order valence-corrected chi connectivity index (χ3v) is 5.15. The van der Waals surface area contributed by atoms with E-state index in [0.717, 1.165) is 17.7 Å². The van der Waals surface area contributed by atoms with Crippen molar-refractivity contribution in [2.45, 2.75) is 26.1 Å². The van der Waals surface area contributed by atoms with Crippen LogP contribution in [0.25, 0.3) is 0 Å². The van der Waals surface area contributed by atoms with Gasteiger partial charge in [0.25, 0.3) is 5.91 Å². The van der Waals surface area contributed by atoms with Crippen LogP contribution in [-0.2, 0) is 11.0 Å². The van der Waals surface area contributed by atoms with E-state index >= 15 is 0 Å². The van der Waals surface area contributed by atoms with Crippen LogP contribution in [0.5, 0.6) is 5.75 Å². The number of hydrogen-bond acceptors (Lipinski definition) is 3. The number of anilines is 1. The number of alkyl halides is 3. The summed E-state index contributed by atoms with van der Waals surface area (Å²) >= 11 is 5.94. The van der Waals surface area contributed by atoms with E-state index in [0.29, 0.717) is 42.6 Å². The summed E-state index contributed by atoms with van der Waals surface area (Å²) in [4.78, 5) is 16.3. The van der Waals surface area contributed by atoms with Crippen LogP contribution in [0.2, 0.25) is 5.02 Å². The molecule has 29 heavy (non-hydrogen) atoms. The average molecular weight is 427 g/mol. The number of rotatable bonds is 4. The Morgan fingerprint density at radius 3 is 2.41 bits per heavy atom. The lowest BCUT2D eigenvalue weighted by atomic mass is 10.1. The normalized spacial score (nSPS) is 15.9. The van der Waals surface area contributed by atoms with Gasteiger partial charge in [-0.25, -0.2) is 0 Å². The van der Waals surface area contributed by atoms with E-state index in [-0.39, 0.29) is 5.91 Å². The predicted octanol–water partition coefficient (Wildman–Crippen LogP) is 4.78. The molecule has 1 saturated heterocycles. The highest BCUT2D eigenvalue weighted by Crippen LogP contribution is 2.32. The van der Waals surface area contributed by atoms with Gasteiger partial charge in [-0.1, -0.05) is 17.7 Å². The van der Waals surface area contributed by atoms with E-state index in [1.807, 2.05) is 11.8 Å². The van der Waals surface area contributed by atoms with Crippen molar-refractivity contribution in [2.24, 2.45) is 0 Å². The molecule has 0 aromatic heterocycles. The molecule has 0 aliphatic carbocycles. The Morgan fingerprint density at radius 2 is 1.79 bits per heavy atom. The van der Waals surface area contributed by atoms with Crippen molar-refractivity contribution in [3.63, 3.8) is 0 Å². The van der Waals surface area contributed by atoms with Crippen molar-refractivity contribution in [1.82, 2.24) is 4.90 Å². The van der Waals surface area contributed by atoms with Gasteiger partial charge in [-0.05, 0) is 55.8 Å². The highest BCUT2D eigenvalue weighted by Gasteiger charge is 2.31. The monoisotopic (exact) mass is 426 g/mol. The van der Waals surface area contributed by atoms with Crippen molar-refractivity contribution in [3.8, 4) is 5.75 Å². The molecule has 1 aliphatic heterocycles. The van der Waals surface area contributed by atoms with Crippen molar-refractivity contribution < 1.29 is 22.7 Å². The topological polar surface area (TPSA) is 32.8 Å². The van der Waals surface area contributed by atoms with Crippen LogP contribution in [0.4, 0.5) is 18.9 Å². The van der Waals surface area contributed by atoms with Crippen molar-refractivity contribution in [3.05, 3.63) is 58.6 Å². The van der Waals surface area contributed by atoms with Gasteiger partial charge in [-0.2, -0.15) is 13.2 Å². The van der Waals surface area contributed by atoms with Crippen LogP contribution in [0, 0.1) is 6.92 Å². The standard InChI is InChI=1S/C21H22ClF3N2O2/c1-14-12-17(22)6-7-19(14)29-15(2)20(28)27-10-8-26(9-11-27)18-5-3-4-16(13-18)21(23,24)25/h3-7,12-13,15H,8-11H2,1-2H3/t15-/m0/s1. The van der Waals surface area contributed by atoms with Crippen LogP contribution >= 0.6 is 11.6 Å². The van der Waals surface area contributed by atoms with E-state index in [1.54, 1.807) is 36.1 Å². The molecule has 0 unspecified atom stereocenters. The summed E-state index contributed by atoms with van der Waals surface area (Å²) in [5, 5.41) is 0.597. The third kappa shape index (κ3) is 5.15. The molecule has 8 heteroatoms. The number of ether oxygens (including phenoxy) is 1. The fourth-order valence-corrected chi connectivity index (χ4v) is 3.53. The van der Waals surface area contributed by atoms with Crippen LogP contribution in [0.15, 0.2) is 42.5 Å². The molecule has 0 bridgehead atoms. The fourth-order valence-electron chi connectivity index (χ4n) is 3.31. The summed E-state index contributed by atoms with van der Waals surface area (Å²) in [6.07, 6.45) is -5.05. The number of hydrogen-bond donors (Lipinski definition) is 0. The number of carbonyl (C=O) groups excluding carboxylic acids is 1. The van der Waals surface area contributed by atoms with E-state index in [2.05, 4.69) is 0 Å². The Morgan fingerprint density at radius 1 is 1.10 bits per heavy atom.